The van der Waals surface area contributed by atoms with Crippen LogP contribution in [-0.2, 0) is 36.8 Å². The van der Waals surface area contributed by atoms with E-state index in [0.717, 1.165) is 11.6 Å². The summed E-state index contributed by atoms with van der Waals surface area (Å²) in [5, 5.41) is 4.99. The van der Waals surface area contributed by atoms with Gasteiger partial charge >= 0.3 is 0 Å². The number of carbonyl (C=O) groups excluding carboxylic acids is 6. The van der Waals surface area contributed by atoms with Gasteiger partial charge in [0.2, 0.25) is 17.6 Å². The van der Waals surface area contributed by atoms with Crippen molar-refractivity contribution in [1.82, 2.24) is 10.6 Å². The Kier molecular flexibility index (Phi) is 12.0. The Hall–Kier alpha value is -4.99. The lowest BCUT2D eigenvalue weighted by molar-refractivity contribution is -0.141. The molecule has 10 heteroatoms. The molecule has 0 radical (unpaired) electrons. The molecular formula is C35H38FN3O6. The summed E-state index contributed by atoms with van der Waals surface area (Å²) in [7, 11) is 0. The van der Waals surface area contributed by atoms with Crippen LogP contribution in [0.3, 0.4) is 0 Å². The van der Waals surface area contributed by atoms with Gasteiger partial charge < -0.3 is 16.4 Å². The standard InChI is InChI=1S/C35H38FN3O6/c1-22(31(42)33(44)39-28(19-24-14-8-5-9-15-24)30(41)21-35(2,3)34(37)45)38-32(43)25(18-23-12-6-4-7-13-23)20-29(40)26-16-10-11-17-27(26)36/h4-17,22,25,28H,18-21H2,1-3H3,(H2,37,45)(H,38,43)(H,39,44). The summed E-state index contributed by atoms with van der Waals surface area (Å²) in [6.07, 6.45) is -0.412. The summed E-state index contributed by atoms with van der Waals surface area (Å²) < 4.78 is 14.3. The minimum atomic E-state index is -1.31. The Morgan fingerprint density at radius 2 is 1.31 bits per heavy atom. The topological polar surface area (TPSA) is 152 Å². The third kappa shape index (κ3) is 10.0. The maximum absolute atomic E-state index is 14.3. The number of nitrogens with two attached hydrogens (primary N) is 1. The summed E-state index contributed by atoms with van der Waals surface area (Å²) in [6, 6.07) is 20.7. The van der Waals surface area contributed by atoms with Crippen molar-refractivity contribution in [2.75, 3.05) is 0 Å². The molecule has 0 saturated carbocycles. The molecule has 0 aliphatic rings. The van der Waals surface area contributed by atoms with Gasteiger partial charge in [0.1, 0.15) is 5.82 Å². The second-order valence-corrected chi connectivity index (χ2v) is 11.7. The third-order valence-corrected chi connectivity index (χ3v) is 7.54. The van der Waals surface area contributed by atoms with Crippen LogP contribution in [-0.4, -0.2) is 47.2 Å². The zero-order valence-electron chi connectivity index (χ0n) is 25.5. The maximum Gasteiger partial charge on any atom is 0.290 e. The first-order valence-corrected chi connectivity index (χ1v) is 14.6. The van der Waals surface area contributed by atoms with Crippen LogP contribution in [0.25, 0.3) is 0 Å². The zero-order valence-corrected chi connectivity index (χ0v) is 25.5. The van der Waals surface area contributed by atoms with Crippen LogP contribution in [0.1, 0.15) is 55.1 Å². The first kappa shape index (κ1) is 34.5. The number of carbonyl (C=O) groups is 6. The number of benzene rings is 3. The molecule has 3 unspecified atom stereocenters. The number of Topliss-reactive ketones (excluding diaryl/α,β-unsaturated/α-hetero) is 3. The molecule has 0 aliphatic carbocycles. The van der Waals surface area contributed by atoms with E-state index in [1.54, 1.807) is 60.7 Å². The predicted molar refractivity (Wildman–Crippen MR) is 166 cm³/mol. The molecular weight excluding hydrogens is 577 g/mol. The van der Waals surface area contributed by atoms with Crippen molar-refractivity contribution in [2.24, 2.45) is 17.1 Å². The normalized spacial score (nSPS) is 13.2. The summed E-state index contributed by atoms with van der Waals surface area (Å²) in [5.74, 6) is -6.22. The Balaban J connectivity index is 1.74. The maximum atomic E-state index is 14.3. The van der Waals surface area contributed by atoms with Crippen molar-refractivity contribution >= 4 is 35.1 Å². The van der Waals surface area contributed by atoms with Gasteiger partial charge in [0.25, 0.3) is 5.91 Å². The second-order valence-electron chi connectivity index (χ2n) is 11.7. The van der Waals surface area contributed by atoms with E-state index in [-0.39, 0.29) is 31.2 Å². The molecule has 0 bridgehead atoms. The van der Waals surface area contributed by atoms with Gasteiger partial charge in [-0.25, -0.2) is 4.39 Å². The highest BCUT2D eigenvalue weighted by atomic mass is 19.1. The number of halogens is 1. The zero-order chi connectivity index (χ0) is 33.1. The molecule has 0 aliphatic heterocycles. The molecule has 3 aromatic carbocycles. The fourth-order valence-corrected chi connectivity index (χ4v) is 4.74. The fraction of sp³-hybridized carbons (Fsp3) is 0.314. The van der Waals surface area contributed by atoms with Crippen LogP contribution in [0.2, 0.25) is 0 Å². The predicted octanol–water partition coefficient (Wildman–Crippen LogP) is 3.53. The number of primary amides is 1. The van der Waals surface area contributed by atoms with Gasteiger partial charge in [-0.3, -0.25) is 28.8 Å². The summed E-state index contributed by atoms with van der Waals surface area (Å²) >= 11 is 0. The van der Waals surface area contributed by atoms with E-state index in [1.165, 1.54) is 39.0 Å². The van der Waals surface area contributed by atoms with Crippen LogP contribution >= 0.6 is 0 Å². The van der Waals surface area contributed by atoms with Crippen molar-refractivity contribution < 1.29 is 33.2 Å². The van der Waals surface area contributed by atoms with E-state index in [4.69, 9.17) is 5.73 Å². The van der Waals surface area contributed by atoms with E-state index >= 15 is 0 Å². The van der Waals surface area contributed by atoms with Gasteiger partial charge in [0.05, 0.1) is 23.1 Å². The molecule has 3 rings (SSSR count). The van der Waals surface area contributed by atoms with Gasteiger partial charge in [0.15, 0.2) is 11.6 Å². The van der Waals surface area contributed by atoms with Crippen molar-refractivity contribution in [2.45, 2.75) is 58.5 Å². The summed E-state index contributed by atoms with van der Waals surface area (Å²) in [6.45, 7) is 4.35. The van der Waals surface area contributed by atoms with Gasteiger partial charge in [-0.2, -0.15) is 0 Å². The lowest BCUT2D eigenvalue weighted by Crippen LogP contribution is -2.52. The number of hydrogen-bond donors (Lipinski definition) is 3. The Morgan fingerprint density at radius 1 is 0.778 bits per heavy atom. The fourth-order valence-electron chi connectivity index (χ4n) is 4.74. The Labute approximate surface area is 261 Å². The summed E-state index contributed by atoms with van der Waals surface area (Å²) in [5.41, 5.74) is 5.56. The third-order valence-electron chi connectivity index (χ3n) is 7.54. The molecule has 9 nitrogen and oxygen atoms in total. The Bertz CT molecular complexity index is 1540. The molecule has 0 heterocycles. The lowest BCUT2D eigenvalue weighted by Gasteiger charge is -2.24. The minimum absolute atomic E-state index is 0.0611. The van der Waals surface area contributed by atoms with Crippen molar-refractivity contribution in [3.63, 3.8) is 0 Å². The van der Waals surface area contributed by atoms with E-state index in [0.29, 0.717) is 5.56 Å². The van der Waals surface area contributed by atoms with E-state index in [9.17, 15) is 33.2 Å². The molecule has 0 fully saturated rings. The lowest BCUT2D eigenvalue weighted by atomic mass is 9.84. The largest absolute Gasteiger partial charge is 0.369 e. The van der Waals surface area contributed by atoms with Gasteiger partial charge in [0, 0.05) is 18.8 Å². The number of amides is 3. The van der Waals surface area contributed by atoms with Crippen LogP contribution in [0, 0.1) is 17.2 Å². The molecule has 3 amide bonds. The van der Waals surface area contributed by atoms with Gasteiger partial charge in [-0.1, -0.05) is 86.6 Å². The van der Waals surface area contributed by atoms with E-state index in [1.807, 2.05) is 0 Å². The van der Waals surface area contributed by atoms with Gasteiger partial charge in [-0.05, 0) is 43.0 Å². The van der Waals surface area contributed by atoms with Crippen LogP contribution in [0.4, 0.5) is 4.39 Å². The van der Waals surface area contributed by atoms with Crippen molar-refractivity contribution in [1.29, 1.82) is 0 Å². The molecule has 0 saturated heterocycles. The average molecular weight is 616 g/mol. The number of nitrogens with one attached hydrogen (secondary N) is 2. The van der Waals surface area contributed by atoms with Crippen molar-refractivity contribution in [3.8, 4) is 0 Å². The highest BCUT2D eigenvalue weighted by Crippen LogP contribution is 2.22. The highest BCUT2D eigenvalue weighted by molar-refractivity contribution is 6.38. The van der Waals surface area contributed by atoms with Gasteiger partial charge in [-0.15, -0.1) is 0 Å². The van der Waals surface area contributed by atoms with Crippen LogP contribution < -0.4 is 16.4 Å². The molecule has 4 N–H and O–H groups in total. The quantitative estimate of drug-likeness (QED) is 0.166. The molecule has 3 atom stereocenters. The summed E-state index contributed by atoms with van der Waals surface area (Å²) in [4.78, 5) is 77.6. The smallest absolute Gasteiger partial charge is 0.290 e. The molecule has 0 spiro atoms. The first-order valence-electron chi connectivity index (χ1n) is 14.6. The molecule has 0 aromatic heterocycles. The van der Waals surface area contributed by atoms with Crippen molar-refractivity contribution in [3.05, 3.63) is 107 Å². The van der Waals surface area contributed by atoms with Crippen LogP contribution in [0.5, 0.6) is 0 Å². The molecule has 45 heavy (non-hydrogen) atoms. The minimum Gasteiger partial charge on any atom is -0.369 e. The SMILES string of the molecule is CC(NC(=O)C(CC(=O)c1ccccc1F)Cc1ccccc1)C(=O)C(=O)NC(Cc1ccccc1)C(=O)CC(C)(C)C(N)=O. The second kappa shape index (κ2) is 15.7. The van der Waals surface area contributed by atoms with E-state index in [2.05, 4.69) is 10.6 Å². The first-order chi connectivity index (χ1) is 21.3. The number of rotatable bonds is 16. The number of hydrogen-bond acceptors (Lipinski definition) is 6. The average Bonchev–Trinajstić information content (AvgIpc) is 3.00. The molecule has 236 valence electrons. The Morgan fingerprint density at radius 3 is 1.87 bits per heavy atom. The highest BCUT2D eigenvalue weighted by Gasteiger charge is 2.34. The number of ketones is 3. The van der Waals surface area contributed by atoms with Crippen LogP contribution in [0.15, 0.2) is 84.9 Å². The molecule has 3 aromatic rings. The van der Waals surface area contributed by atoms with E-state index < -0.39 is 64.3 Å². The monoisotopic (exact) mass is 615 g/mol.